The molecule has 3 heterocycles. The summed E-state index contributed by atoms with van der Waals surface area (Å²) in [5.41, 5.74) is 2.68. The average molecular weight is 425 g/mol. The molecule has 2 N–H and O–H groups in total. The number of benzene rings is 1. The molecule has 31 heavy (non-hydrogen) atoms. The molecule has 1 aromatic heterocycles. The van der Waals surface area contributed by atoms with Crippen molar-refractivity contribution in [1.82, 2.24) is 20.1 Å². The second kappa shape index (κ2) is 8.30. The van der Waals surface area contributed by atoms with Gasteiger partial charge in [0.1, 0.15) is 0 Å². The van der Waals surface area contributed by atoms with Crippen LogP contribution in [0.15, 0.2) is 24.3 Å². The van der Waals surface area contributed by atoms with Crippen molar-refractivity contribution >= 4 is 22.7 Å². The van der Waals surface area contributed by atoms with Crippen molar-refractivity contribution in [2.45, 2.75) is 71.0 Å². The minimum atomic E-state index is -0.196. The van der Waals surface area contributed by atoms with Gasteiger partial charge in [0.2, 0.25) is 5.91 Å². The number of piperidine rings is 1. The third-order valence-electron chi connectivity index (χ3n) is 7.00. The molecular weight excluding hydrogens is 388 g/mol. The van der Waals surface area contributed by atoms with E-state index < -0.39 is 0 Å². The van der Waals surface area contributed by atoms with Crippen molar-refractivity contribution in [3.8, 4) is 0 Å². The number of hydrogen-bond acceptors (Lipinski definition) is 3. The number of fused-ring (bicyclic) bond motifs is 3. The van der Waals surface area contributed by atoms with Crippen LogP contribution in [0.3, 0.4) is 0 Å². The Morgan fingerprint density at radius 2 is 1.74 bits per heavy atom. The van der Waals surface area contributed by atoms with E-state index in [2.05, 4.69) is 26.2 Å². The number of carbonyl (C=O) groups is 2. The highest BCUT2D eigenvalue weighted by molar-refractivity contribution is 6.08. The normalized spacial score (nSPS) is 23.8. The average Bonchev–Trinajstić information content (AvgIpc) is 3.07. The third kappa shape index (κ3) is 4.49. The molecule has 2 atom stereocenters. The molecule has 2 aliphatic heterocycles. The van der Waals surface area contributed by atoms with E-state index in [1.165, 1.54) is 0 Å². The molecule has 0 spiro atoms. The van der Waals surface area contributed by atoms with E-state index in [0.29, 0.717) is 31.1 Å². The molecule has 0 saturated carbocycles. The Kier molecular flexibility index (Phi) is 5.86. The molecule has 2 bridgehead atoms. The van der Waals surface area contributed by atoms with E-state index in [-0.39, 0.29) is 17.4 Å². The first-order chi connectivity index (χ1) is 14.6. The monoisotopic (exact) mass is 424 g/mol. The van der Waals surface area contributed by atoms with Gasteiger partial charge in [-0.15, -0.1) is 0 Å². The van der Waals surface area contributed by atoms with Gasteiger partial charge in [0.15, 0.2) is 0 Å². The van der Waals surface area contributed by atoms with Gasteiger partial charge in [0.05, 0.1) is 12.1 Å². The summed E-state index contributed by atoms with van der Waals surface area (Å²) >= 11 is 0. The van der Waals surface area contributed by atoms with Gasteiger partial charge in [0, 0.05) is 47.8 Å². The topological polar surface area (TPSA) is 66.4 Å². The first-order valence-electron chi connectivity index (χ1n) is 11.5. The Bertz CT molecular complexity index is 973. The van der Waals surface area contributed by atoms with Gasteiger partial charge < -0.3 is 15.2 Å². The summed E-state index contributed by atoms with van der Waals surface area (Å²) < 4.78 is 2.09. The van der Waals surface area contributed by atoms with Gasteiger partial charge in [-0.2, -0.15) is 0 Å². The molecule has 2 unspecified atom stereocenters. The fraction of sp³-hybridized carbons (Fsp3) is 0.600. The van der Waals surface area contributed by atoms with E-state index in [1.807, 2.05) is 52.9 Å². The quantitative estimate of drug-likeness (QED) is 0.773. The summed E-state index contributed by atoms with van der Waals surface area (Å²) in [6.45, 7) is 9.26. The van der Waals surface area contributed by atoms with Crippen molar-refractivity contribution in [3.63, 3.8) is 0 Å². The highest BCUT2D eigenvalue weighted by atomic mass is 16.2. The van der Waals surface area contributed by atoms with Crippen LogP contribution < -0.4 is 10.6 Å². The van der Waals surface area contributed by atoms with Gasteiger partial charge in [-0.05, 0) is 65.4 Å². The minimum Gasteiger partial charge on any atom is -0.352 e. The summed E-state index contributed by atoms with van der Waals surface area (Å²) in [7, 11) is 2.01. The first kappa shape index (κ1) is 21.9. The van der Waals surface area contributed by atoms with Gasteiger partial charge in [-0.1, -0.05) is 18.2 Å². The fourth-order valence-corrected chi connectivity index (χ4v) is 5.57. The van der Waals surface area contributed by atoms with Crippen LogP contribution in [0.25, 0.3) is 10.9 Å². The van der Waals surface area contributed by atoms with E-state index in [1.54, 1.807) is 0 Å². The highest BCUT2D eigenvalue weighted by Crippen LogP contribution is 2.38. The Morgan fingerprint density at radius 3 is 2.39 bits per heavy atom. The maximum atomic E-state index is 13.1. The lowest BCUT2D eigenvalue weighted by atomic mass is 9.90. The lowest BCUT2D eigenvalue weighted by molar-refractivity contribution is -0.125. The Morgan fingerprint density at radius 1 is 1.10 bits per heavy atom. The van der Waals surface area contributed by atoms with E-state index in [9.17, 15) is 9.59 Å². The van der Waals surface area contributed by atoms with Gasteiger partial charge in [0.25, 0.3) is 5.91 Å². The molecule has 4 rings (SSSR count). The molecule has 0 radical (unpaired) electrons. The highest BCUT2D eigenvalue weighted by Gasteiger charge is 2.41. The van der Waals surface area contributed by atoms with E-state index >= 15 is 0 Å². The summed E-state index contributed by atoms with van der Waals surface area (Å²) in [5.74, 6) is 0.606. The predicted octanol–water partition coefficient (Wildman–Crippen LogP) is 3.37. The zero-order chi connectivity index (χ0) is 22.3. The zero-order valence-electron chi connectivity index (χ0n) is 19.5. The molecule has 2 amide bonds. The molecule has 2 aromatic rings. The lowest BCUT2D eigenvalue weighted by Gasteiger charge is -2.39. The Labute approximate surface area is 185 Å². The number of amides is 2. The van der Waals surface area contributed by atoms with Crippen LogP contribution >= 0.6 is 0 Å². The second-order valence-corrected chi connectivity index (χ2v) is 10.4. The van der Waals surface area contributed by atoms with Crippen molar-refractivity contribution in [2.75, 3.05) is 13.1 Å². The molecule has 2 aliphatic rings. The molecular formula is C25H36N4O2. The zero-order valence-corrected chi connectivity index (χ0v) is 19.5. The fourth-order valence-electron chi connectivity index (χ4n) is 5.57. The molecule has 2 saturated heterocycles. The Hall–Kier alpha value is -2.34. The molecule has 1 aromatic carbocycles. The number of rotatable bonds is 5. The summed E-state index contributed by atoms with van der Waals surface area (Å²) in [6, 6.07) is 8.98. The largest absolute Gasteiger partial charge is 0.352 e. The number of para-hydroxylation sites is 1. The lowest BCUT2D eigenvalue weighted by Crippen LogP contribution is -2.52. The molecule has 168 valence electrons. The number of nitrogens with one attached hydrogen (secondary N) is 2. The number of aryl methyl sites for hydroxylation is 1. The van der Waals surface area contributed by atoms with Crippen LogP contribution in [-0.4, -0.2) is 52.0 Å². The molecule has 6 nitrogen and oxygen atoms in total. The van der Waals surface area contributed by atoms with E-state index in [4.69, 9.17) is 0 Å². The van der Waals surface area contributed by atoms with E-state index in [0.717, 1.165) is 47.8 Å². The van der Waals surface area contributed by atoms with Crippen LogP contribution in [0, 0.1) is 12.8 Å². The van der Waals surface area contributed by atoms with Crippen molar-refractivity contribution in [2.24, 2.45) is 13.0 Å². The number of aromatic nitrogens is 1. The van der Waals surface area contributed by atoms with Crippen molar-refractivity contribution in [1.29, 1.82) is 0 Å². The van der Waals surface area contributed by atoms with Crippen LogP contribution in [-0.2, 0) is 11.8 Å². The van der Waals surface area contributed by atoms with Crippen molar-refractivity contribution < 1.29 is 9.59 Å². The summed E-state index contributed by atoms with van der Waals surface area (Å²) in [4.78, 5) is 27.9. The minimum absolute atomic E-state index is 0.0219. The summed E-state index contributed by atoms with van der Waals surface area (Å²) in [6.07, 6.45) is 4.41. The molecule has 0 aliphatic carbocycles. The van der Waals surface area contributed by atoms with Gasteiger partial charge >= 0.3 is 0 Å². The van der Waals surface area contributed by atoms with Crippen molar-refractivity contribution in [3.05, 3.63) is 35.5 Å². The SMILES string of the molecule is Cc1c(C(=O)NCC2CC3CCC(C2)N3CC(=O)NC(C)(C)C)c2ccccc2n1C. The number of carbonyl (C=O) groups excluding carboxylic acids is 2. The number of hydrogen-bond donors (Lipinski definition) is 2. The standard InChI is InChI=1S/C25H36N4O2/c1-16-23(20-8-6-7-9-21(20)28(16)5)24(31)26-14-17-12-18-10-11-19(13-17)29(18)15-22(30)27-25(2,3)4/h6-9,17-19H,10-15H2,1-5H3,(H,26,31)(H,27,30). The second-order valence-electron chi connectivity index (χ2n) is 10.4. The predicted molar refractivity (Wildman–Crippen MR) is 124 cm³/mol. The third-order valence-corrected chi connectivity index (χ3v) is 7.00. The smallest absolute Gasteiger partial charge is 0.253 e. The van der Waals surface area contributed by atoms with Crippen LogP contribution in [0.2, 0.25) is 0 Å². The van der Waals surface area contributed by atoms with Crippen LogP contribution in [0.5, 0.6) is 0 Å². The van der Waals surface area contributed by atoms with Crippen LogP contribution in [0.4, 0.5) is 0 Å². The first-order valence-corrected chi connectivity index (χ1v) is 11.5. The number of nitrogens with zero attached hydrogens (tertiary/aromatic N) is 2. The molecule has 6 heteroatoms. The Balaban J connectivity index is 1.36. The van der Waals surface area contributed by atoms with Gasteiger partial charge in [-0.3, -0.25) is 14.5 Å². The van der Waals surface area contributed by atoms with Gasteiger partial charge in [-0.25, -0.2) is 0 Å². The summed E-state index contributed by atoms with van der Waals surface area (Å²) in [5, 5.41) is 7.32. The maximum absolute atomic E-state index is 13.1. The molecule has 2 fully saturated rings. The maximum Gasteiger partial charge on any atom is 0.253 e. The van der Waals surface area contributed by atoms with Crippen LogP contribution in [0.1, 0.15) is 62.5 Å².